The highest BCUT2D eigenvalue weighted by atomic mass is 35.5. The van der Waals surface area contributed by atoms with E-state index in [0.29, 0.717) is 23.7 Å². The minimum atomic E-state index is -3.65. The summed E-state index contributed by atoms with van der Waals surface area (Å²) < 4.78 is 25.9. The van der Waals surface area contributed by atoms with Gasteiger partial charge < -0.3 is 5.32 Å². The molecule has 0 unspecified atom stereocenters. The van der Waals surface area contributed by atoms with Crippen molar-refractivity contribution in [1.82, 2.24) is 5.32 Å². The summed E-state index contributed by atoms with van der Waals surface area (Å²) in [5, 5.41) is 3.35. The Hall–Kier alpha value is -2.05. The maximum atomic E-state index is 12.7. The number of carbonyl (C=O) groups is 1. The highest BCUT2D eigenvalue weighted by Gasteiger charge is 2.31. The molecule has 0 spiro atoms. The molecule has 0 aromatic heterocycles. The molecule has 2 aromatic carbocycles. The fraction of sp³-hybridized carbons (Fsp3) is 0.316. The van der Waals surface area contributed by atoms with Crippen LogP contribution in [0.25, 0.3) is 0 Å². The van der Waals surface area contributed by atoms with Crippen LogP contribution in [0, 0.1) is 6.92 Å². The first-order valence-corrected chi connectivity index (χ1v) is 10.5. The van der Waals surface area contributed by atoms with E-state index in [1.807, 2.05) is 31.2 Å². The van der Waals surface area contributed by atoms with Crippen molar-refractivity contribution >= 4 is 33.2 Å². The van der Waals surface area contributed by atoms with Crippen LogP contribution >= 0.6 is 11.6 Å². The number of hydrogen-bond donors (Lipinski definition) is 1. The van der Waals surface area contributed by atoms with Crippen molar-refractivity contribution in [2.75, 3.05) is 10.6 Å². The monoisotopic (exact) mass is 394 g/mol. The van der Waals surface area contributed by atoms with E-state index in [0.717, 1.165) is 21.7 Å². The molecular formula is C19H23ClN2O3S. The molecule has 2 aromatic rings. The van der Waals surface area contributed by atoms with Crippen molar-refractivity contribution in [3.05, 3.63) is 64.7 Å². The van der Waals surface area contributed by atoms with E-state index in [-0.39, 0.29) is 5.91 Å². The third-order valence-corrected chi connectivity index (χ3v) is 5.56. The van der Waals surface area contributed by atoms with Crippen LogP contribution in [0.5, 0.6) is 0 Å². The molecule has 0 radical (unpaired) electrons. The number of nitrogens with zero attached hydrogens (tertiary/aromatic N) is 1. The number of benzene rings is 2. The number of rotatable bonds is 7. The molecule has 1 atom stereocenters. The standard InChI is InChI=1S/C19H23ClN2O3S/c1-4-18(19(23)21-13-15-8-6-5-7-14(15)2)22(26(3,24)25)17-11-9-16(20)10-12-17/h5-12,18H,4,13H2,1-3H3,(H,21,23)/t18-/m1/s1. The van der Waals surface area contributed by atoms with Gasteiger partial charge in [0, 0.05) is 11.6 Å². The number of nitrogens with one attached hydrogen (secondary N) is 1. The Morgan fingerprint density at radius 1 is 1.15 bits per heavy atom. The minimum absolute atomic E-state index is 0.337. The Kier molecular flexibility index (Phi) is 6.67. The van der Waals surface area contributed by atoms with Gasteiger partial charge in [0.15, 0.2) is 0 Å². The summed E-state index contributed by atoms with van der Waals surface area (Å²) in [7, 11) is -3.65. The topological polar surface area (TPSA) is 66.5 Å². The van der Waals surface area contributed by atoms with Gasteiger partial charge in [0.25, 0.3) is 0 Å². The first-order chi connectivity index (χ1) is 12.2. The number of carbonyl (C=O) groups excluding carboxylic acids is 1. The molecule has 0 saturated carbocycles. The van der Waals surface area contributed by atoms with E-state index in [2.05, 4.69) is 5.32 Å². The third-order valence-electron chi connectivity index (χ3n) is 4.13. The van der Waals surface area contributed by atoms with E-state index in [1.54, 1.807) is 31.2 Å². The van der Waals surface area contributed by atoms with Crippen molar-refractivity contribution in [2.45, 2.75) is 32.9 Å². The van der Waals surface area contributed by atoms with E-state index in [4.69, 9.17) is 11.6 Å². The summed E-state index contributed by atoms with van der Waals surface area (Å²) >= 11 is 5.89. The second-order valence-corrected chi connectivity index (χ2v) is 8.40. The van der Waals surface area contributed by atoms with Crippen LogP contribution in [0.4, 0.5) is 5.69 Å². The van der Waals surface area contributed by atoms with E-state index in [9.17, 15) is 13.2 Å². The predicted octanol–water partition coefficient (Wildman–Crippen LogP) is 3.51. The Labute approximate surface area is 160 Å². The van der Waals surface area contributed by atoms with Crippen LogP contribution in [0.15, 0.2) is 48.5 Å². The normalized spacial score (nSPS) is 12.5. The van der Waals surface area contributed by atoms with Gasteiger partial charge in [0.2, 0.25) is 15.9 Å². The summed E-state index contributed by atoms with van der Waals surface area (Å²) in [5.74, 6) is -0.337. The average Bonchev–Trinajstić information content (AvgIpc) is 2.58. The number of amides is 1. The second-order valence-electron chi connectivity index (χ2n) is 6.10. The smallest absolute Gasteiger partial charge is 0.244 e. The molecule has 0 fully saturated rings. The van der Waals surface area contributed by atoms with E-state index >= 15 is 0 Å². The number of aryl methyl sites for hydroxylation is 1. The maximum Gasteiger partial charge on any atom is 0.244 e. The first kappa shape index (κ1) is 20.3. The number of halogens is 1. The molecule has 1 N–H and O–H groups in total. The highest BCUT2D eigenvalue weighted by molar-refractivity contribution is 7.92. The summed E-state index contributed by atoms with van der Waals surface area (Å²) in [6.07, 6.45) is 1.44. The molecular weight excluding hydrogens is 372 g/mol. The summed E-state index contributed by atoms with van der Waals surface area (Å²) in [5.41, 5.74) is 2.47. The van der Waals surface area contributed by atoms with Gasteiger partial charge in [-0.25, -0.2) is 8.42 Å². The van der Waals surface area contributed by atoms with Gasteiger partial charge in [-0.3, -0.25) is 9.10 Å². The molecule has 0 bridgehead atoms. The van der Waals surface area contributed by atoms with Crippen LogP contribution in [-0.4, -0.2) is 26.6 Å². The van der Waals surface area contributed by atoms with Gasteiger partial charge in [0.05, 0.1) is 11.9 Å². The molecule has 7 heteroatoms. The minimum Gasteiger partial charge on any atom is -0.350 e. The molecule has 2 rings (SSSR count). The zero-order valence-electron chi connectivity index (χ0n) is 15.1. The van der Waals surface area contributed by atoms with E-state index < -0.39 is 16.1 Å². The SMILES string of the molecule is CC[C@H](C(=O)NCc1ccccc1C)N(c1ccc(Cl)cc1)S(C)(=O)=O. The highest BCUT2D eigenvalue weighted by Crippen LogP contribution is 2.24. The molecule has 26 heavy (non-hydrogen) atoms. The van der Waals surface area contributed by atoms with Crippen molar-refractivity contribution < 1.29 is 13.2 Å². The molecule has 0 heterocycles. The molecule has 0 aliphatic rings. The van der Waals surface area contributed by atoms with Crippen LogP contribution in [-0.2, 0) is 21.4 Å². The molecule has 0 aliphatic heterocycles. The number of sulfonamides is 1. The third kappa shape index (κ3) is 4.99. The van der Waals surface area contributed by atoms with Crippen LogP contribution in [0.2, 0.25) is 5.02 Å². The largest absolute Gasteiger partial charge is 0.350 e. The molecule has 0 saturated heterocycles. The van der Waals surface area contributed by atoms with Gasteiger partial charge >= 0.3 is 0 Å². The Bertz CT molecular complexity index is 867. The Morgan fingerprint density at radius 3 is 2.31 bits per heavy atom. The van der Waals surface area contributed by atoms with Gasteiger partial charge in [-0.2, -0.15) is 0 Å². The quantitative estimate of drug-likeness (QED) is 0.781. The first-order valence-electron chi connectivity index (χ1n) is 8.31. The van der Waals surface area contributed by atoms with Gasteiger partial charge in [-0.15, -0.1) is 0 Å². The Balaban J connectivity index is 2.25. The fourth-order valence-corrected chi connectivity index (χ4v) is 4.09. The lowest BCUT2D eigenvalue weighted by molar-refractivity contribution is -0.122. The summed E-state index contributed by atoms with van der Waals surface area (Å²) in [4.78, 5) is 12.7. The van der Waals surface area contributed by atoms with Crippen LogP contribution in [0.1, 0.15) is 24.5 Å². The lowest BCUT2D eigenvalue weighted by Crippen LogP contribution is -2.49. The second kappa shape index (κ2) is 8.56. The van der Waals surface area contributed by atoms with E-state index in [1.165, 1.54) is 0 Å². The van der Waals surface area contributed by atoms with Crippen LogP contribution < -0.4 is 9.62 Å². The van der Waals surface area contributed by atoms with Gasteiger partial charge in [-0.1, -0.05) is 42.8 Å². The maximum absolute atomic E-state index is 12.7. The predicted molar refractivity (Wildman–Crippen MR) is 106 cm³/mol. The fourth-order valence-electron chi connectivity index (χ4n) is 2.76. The zero-order valence-corrected chi connectivity index (χ0v) is 16.6. The zero-order chi connectivity index (χ0) is 19.3. The van der Waals surface area contributed by atoms with Gasteiger partial charge in [-0.05, 0) is 48.7 Å². The summed E-state index contributed by atoms with van der Waals surface area (Å²) in [6, 6.07) is 13.3. The average molecular weight is 395 g/mol. The Morgan fingerprint density at radius 2 is 1.77 bits per heavy atom. The molecule has 0 aliphatic carbocycles. The summed E-state index contributed by atoms with van der Waals surface area (Å²) in [6.45, 7) is 4.10. The lowest BCUT2D eigenvalue weighted by atomic mass is 10.1. The van der Waals surface area contributed by atoms with Crippen molar-refractivity contribution in [3.8, 4) is 0 Å². The van der Waals surface area contributed by atoms with Gasteiger partial charge in [0.1, 0.15) is 6.04 Å². The number of anilines is 1. The lowest BCUT2D eigenvalue weighted by Gasteiger charge is -2.30. The van der Waals surface area contributed by atoms with Crippen LogP contribution in [0.3, 0.4) is 0 Å². The van der Waals surface area contributed by atoms with Crippen molar-refractivity contribution in [2.24, 2.45) is 0 Å². The van der Waals surface area contributed by atoms with Crippen molar-refractivity contribution in [3.63, 3.8) is 0 Å². The molecule has 1 amide bonds. The number of hydrogen-bond acceptors (Lipinski definition) is 3. The molecule has 140 valence electrons. The molecule has 5 nitrogen and oxygen atoms in total. The van der Waals surface area contributed by atoms with Crippen molar-refractivity contribution in [1.29, 1.82) is 0 Å².